The number of rotatable bonds is 0. The molecule has 56 valence electrons. The molecule has 3 nitrogen and oxygen atoms in total. The van der Waals surface area contributed by atoms with Gasteiger partial charge in [0.2, 0.25) is 0 Å². The van der Waals surface area contributed by atoms with Crippen molar-refractivity contribution in [2.24, 2.45) is 0 Å². The van der Waals surface area contributed by atoms with Crippen LogP contribution in [0.5, 0.6) is 0 Å². The molecule has 0 bridgehead atoms. The Balaban J connectivity index is 2.87. The minimum Gasteiger partial charge on any atom is -0.269 e. The van der Waals surface area contributed by atoms with Gasteiger partial charge in [0.05, 0.1) is 11.6 Å². The van der Waals surface area contributed by atoms with E-state index in [1.54, 1.807) is 0 Å². The lowest BCUT2D eigenvalue weighted by Gasteiger charge is -1.86. The number of pyridine rings is 1. The minimum absolute atomic E-state index is 0.361. The molecule has 0 aromatic carbocycles. The van der Waals surface area contributed by atoms with Crippen molar-refractivity contribution < 1.29 is 4.39 Å². The van der Waals surface area contributed by atoms with E-state index in [4.69, 9.17) is 0 Å². The molecule has 0 atom stereocenters. The molecule has 0 radical (unpaired) electrons. The lowest BCUT2D eigenvalue weighted by molar-refractivity contribution is 0.624. The molecule has 5 heteroatoms. The first kappa shape index (κ1) is 6.72. The zero-order valence-electron chi connectivity index (χ0n) is 5.31. The van der Waals surface area contributed by atoms with E-state index in [9.17, 15) is 4.39 Å². The van der Waals surface area contributed by atoms with Crippen molar-refractivity contribution >= 4 is 27.0 Å². The number of hydrogen-bond acceptors (Lipinski definition) is 2. The van der Waals surface area contributed by atoms with Gasteiger partial charge in [0, 0.05) is 0 Å². The molecule has 0 aliphatic carbocycles. The number of nitrogens with zero attached hydrogens (tertiary/aromatic N) is 2. The lowest BCUT2D eigenvalue weighted by atomic mass is 10.3. The van der Waals surface area contributed by atoms with Crippen LogP contribution in [0.25, 0.3) is 11.0 Å². The number of fused-ring (bicyclic) bond motifs is 1. The van der Waals surface area contributed by atoms with Crippen molar-refractivity contribution in [3.8, 4) is 0 Å². The number of H-pyrrole nitrogens is 1. The van der Waals surface area contributed by atoms with Gasteiger partial charge in [0.15, 0.2) is 5.65 Å². The second-order valence-corrected chi connectivity index (χ2v) is 2.86. The SMILES string of the molecule is Fc1cnc2n[nH]c(Br)c2c1. The van der Waals surface area contributed by atoms with Gasteiger partial charge in [0.25, 0.3) is 0 Å². The molecule has 0 saturated carbocycles. The zero-order valence-corrected chi connectivity index (χ0v) is 6.89. The average molecular weight is 216 g/mol. The first-order valence-electron chi connectivity index (χ1n) is 2.92. The van der Waals surface area contributed by atoms with Crippen LogP contribution in [0.4, 0.5) is 4.39 Å². The number of hydrogen-bond donors (Lipinski definition) is 1. The Morgan fingerprint density at radius 3 is 3.18 bits per heavy atom. The van der Waals surface area contributed by atoms with Crippen molar-refractivity contribution in [2.45, 2.75) is 0 Å². The standard InChI is InChI=1S/C6H3BrFN3/c7-5-4-1-3(8)2-9-6(4)11-10-5/h1-2H,(H,9,10,11). The van der Waals surface area contributed by atoms with E-state index in [0.717, 1.165) is 6.20 Å². The van der Waals surface area contributed by atoms with Gasteiger partial charge in [-0.3, -0.25) is 5.10 Å². The van der Waals surface area contributed by atoms with Crippen molar-refractivity contribution in [1.82, 2.24) is 15.2 Å². The van der Waals surface area contributed by atoms with Crippen LogP contribution in [-0.2, 0) is 0 Å². The average Bonchev–Trinajstić information content (AvgIpc) is 2.33. The van der Waals surface area contributed by atoms with Crippen molar-refractivity contribution in [3.05, 3.63) is 22.7 Å². The molecule has 0 saturated heterocycles. The summed E-state index contributed by atoms with van der Waals surface area (Å²) in [4.78, 5) is 3.75. The van der Waals surface area contributed by atoms with Gasteiger partial charge in [-0.1, -0.05) is 0 Å². The van der Waals surface area contributed by atoms with Crippen molar-refractivity contribution in [2.75, 3.05) is 0 Å². The van der Waals surface area contributed by atoms with Crippen LogP contribution in [0.1, 0.15) is 0 Å². The predicted octanol–water partition coefficient (Wildman–Crippen LogP) is 1.86. The Morgan fingerprint density at radius 1 is 1.55 bits per heavy atom. The molecule has 0 amide bonds. The summed E-state index contributed by atoms with van der Waals surface area (Å²) in [7, 11) is 0. The maximum Gasteiger partial charge on any atom is 0.182 e. The molecule has 2 aromatic heterocycles. The van der Waals surface area contributed by atoms with Crippen LogP contribution in [-0.4, -0.2) is 15.2 Å². The first-order chi connectivity index (χ1) is 5.27. The highest BCUT2D eigenvalue weighted by molar-refractivity contribution is 9.10. The number of nitrogens with one attached hydrogen (secondary N) is 1. The van der Waals surface area contributed by atoms with Crippen LogP contribution in [0.15, 0.2) is 16.9 Å². The predicted molar refractivity (Wildman–Crippen MR) is 41.5 cm³/mol. The molecular formula is C6H3BrFN3. The molecule has 0 fully saturated rings. The molecule has 2 aromatic rings. The van der Waals surface area contributed by atoms with E-state index in [2.05, 4.69) is 31.1 Å². The summed E-state index contributed by atoms with van der Waals surface area (Å²) < 4.78 is 13.2. The summed E-state index contributed by atoms with van der Waals surface area (Å²) in [5, 5.41) is 7.11. The summed E-state index contributed by atoms with van der Waals surface area (Å²) in [6.07, 6.45) is 1.13. The van der Waals surface area contributed by atoms with Gasteiger partial charge in [-0.05, 0) is 22.0 Å². The lowest BCUT2D eigenvalue weighted by Crippen LogP contribution is -1.78. The van der Waals surface area contributed by atoms with Gasteiger partial charge >= 0.3 is 0 Å². The molecule has 1 N–H and O–H groups in total. The third-order valence-corrected chi connectivity index (χ3v) is 1.93. The summed E-state index contributed by atoms with van der Waals surface area (Å²) in [5.41, 5.74) is 0.512. The Kier molecular flexibility index (Phi) is 1.38. The van der Waals surface area contributed by atoms with E-state index < -0.39 is 0 Å². The van der Waals surface area contributed by atoms with Gasteiger partial charge in [-0.15, -0.1) is 0 Å². The van der Waals surface area contributed by atoms with Gasteiger partial charge in [-0.25, -0.2) is 9.37 Å². The third-order valence-electron chi connectivity index (χ3n) is 1.33. The quantitative estimate of drug-likeness (QED) is 0.730. The van der Waals surface area contributed by atoms with Crippen molar-refractivity contribution in [1.29, 1.82) is 0 Å². The Labute approximate surface area is 69.8 Å². The second kappa shape index (κ2) is 2.27. The van der Waals surface area contributed by atoms with Crippen molar-refractivity contribution in [3.63, 3.8) is 0 Å². The molecule has 0 spiro atoms. The maximum absolute atomic E-state index is 12.6. The summed E-state index contributed by atoms with van der Waals surface area (Å²) in [5.74, 6) is -0.361. The largest absolute Gasteiger partial charge is 0.269 e. The fourth-order valence-electron chi connectivity index (χ4n) is 0.845. The van der Waals surface area contributed by atoms with Crippen LogP contribution in [0.3, 0.4) is 0 Å². The monoisotopic (exact) mass is 215 g/mol. The summed E-state index contributed by atoms with van der Waals surface area (Å²) in [6.45, 7) is 0. The van der Waals surface area contributed by atoms with E-state index in [-0.39, 0.29) is 5.82 Å². The van der Waals surface area contributed by atoms with E-state index >= 15 is 0 Å². The molecular weight excluding hydrogens is 213 g/mol. The highest BCUT2D eigenvalue weighted by Gasteiger charge is 2.03. The van der Waals surface area contributed by atoms with Gasteiger partial charge < -0.3 is 0 Å². The van der Waals surface area contributed by atoms with Crippen LogP contribution in [0.2, 0.25) is 0 Å². The third kappa shape index (κ3) is 1.01. The fraction of sp³-hybridized carbons (Fsp3) is 0. The molecule has 11 heavy (non-hydrogen) atoms. The van der Waals surface area contributed by atoms with E-state index in [1.165, 1.54) is 6.07 Å². The number of aromatic nitrogens is 3. The maximum atomic E-state index is 12.6. The molecule has 0 unspecified atom stereocenters. The Hall–Kier alpha value is -0.970. The molecule has 0 aliphatic heterocycles. The van der Waals surface area contributed by atoms with E-state index in [0.29, 0.717) is 15.6 Å². The minimum atomic E-state index is -0.361. The van der Waals surface area contributed by atoms with E-state index in [1.807, 2.05) is 0 Å². The highest BCUT2D eigenvalue weighted by Crippen LogP contribution is 2.18. The van der Waals surface area contributed by atoms with Crippen LogP contribution < -0.4 is 0 Å². The number of aromatic amines is 1. The fourth-order valence-corrected chi connectivity index (χ4v) is 1.23. The van der Waals surface area contributed by atoms with Crippen LogP contribution >= 0.6 is 15.9 Å². The Bertz CT molecular complexity index is 398. The topological polar surface area (TPSA) is 41.6 Å². The summed E-state index contributed by atoms with van der Waals surface area (Å²) >= 11 is 3.18. The highest BCUT2D eigenvalue weighted by atomic mass is 79.9. The molecule has 0 aliphatic rings. The first-order valence-corrected chi connectivity index (χ1v) is 3.72. The van der Waals surface area contributed by atoms with Gasteiger partial charge in [0.1, 0.15) is 10.4 Å². The Morgan fingerprint density at radius 2 is 2.36 bits per heavy atom. The normalized spacial score (nSPS) is 10.7. The second-order valence-electron chi connectivity index (χ2n) is 2.06. The van der Waals surface area contributed by atoms with Crippen LogP contribution in [0, 0.1) is 5.82 Å². The molecule has 2 heterocycles. The smallest absolute Gasteiger partial charge is 0.182 e. The zero-order chi connectivity index (χ0) is 7.84. The number of halogens is 2. The summed E-state index contributed by atoms with van der Waals surface area (Å²) in [6, 6.07) is 1.37. The molecule has 2 rings (SSSR count). The van der Waals surface area contributed by atoms with Gasteiger partial charge in [-0.2, -0.15) is 5.10 Å².